The summed E-state index contributed by atoms with van der Waals surface area (Å²) in [7, 11) is 0. The van der Waals surface area contributed by atoms with E-state index >= 15 is 0 Å². The van der Waals surface area contributed by atoms with Crippen LogP contribution in [0, 0.1) is 5.82 Å². The van der Waals surface area contributed by atoms with E-state index in [9.17, 15) is 14.0 Å². The highest BCUT2D eigenvalue weighted by atomic mass is 35.5. The van der Waals surface area contributed by atoms with E-state index in [2.05, 4.69) is 10.3 Å². The number of rotatable bonds is 5. The first-order valence-electron chi connectivity index (χ1n) is 8.26. The first-order chi connectivity index (χ1) is 13.0. The van der Waals surface area contributed by atoms with E-state index in [0.29, 0.717) is 22.4 Å². The molecule has 2 amide bonds. The summed E-state index contributed by atoms with van der Waals surface area (Å²) in [6.45, 7) is 2.06. The van der Waals surface area contributed by atoms with E-state index in [4.69, 9.17) is 11.6 Å². The number of hydrogen-bond acceptors (Lipinski definition) is 4. The second-order valence-corrected chi connectivity index (χ2v) is 7.60. The summed E-state index contributed by atoms with van der Waals surface area (Å²) < 4.78 is 12.9. The zero-order chi connectivity index (χ0) is 19.4. The number of amidine groups is 1. The molecule has 1 aliphatic heterocycles. The van der Waals surface area contributed by atoms with Crippen molar-refractivity contribution in [2.24, 2.45) is 4.99 Å². The molecular formula is C19H17ClFN3O2S. The van der Waals surface area contributed by atoms with Gasteiger partial charge in [0.05, 0.1) is 16.0 Å². The third-order valence-electron chi connectivity index (χ3n) is 3.92. The fourth-order valence-corrected chi connectivity index (χ4v) is 3.66. The van der Waals surface area contributed by atoms with Crippen LogP contribution in [0.5, 0.6) is 0 Å². The predicted molar refractivity (Wildman–Crippen MR) is 107 cm³/mol. The van der Waals surface area contributed by atoms with Gasteiger partial charge in [0.2, 0.25) is 5.91 Å². The summed E-state index contributed by atoms with van der Waals surface area (Å²) in [5, 5.41) is 3.21. The summed E-state index contributed by atoms with van der Waals surface area (Å²) >= 11 is 7.39. The highest BCUT2D eigenvalue weighted by Gasteiger charge is 2.31. The van der Waals surface area contributed by atoms with Crippen LogP contribution in [-0.4, -0.2) is 28.8 Å². The van der Waals surface area contributed by atoms with Crippen molar-refractivity contribution in [2.45, 2.75) is 18.7 Å². The van der Waals surface area contributed by atoms with Gasteiger partial charge in [-0.1, -0.05) is 47.6 Å². The Hall–Kier alpha value is -2.38. The Morgan fingerprint density at radius 3 is 2.70 bits per heavy atom. The molecular weight excluding hydrogens is 389 g/mol. The smallest absolute Gasteiger partial charge is 0.254 e. The van der Waals surface area contributed by atoms with Crippen LogP contribution in [0.1, 0.15) is 12.5 Å². The number of para-hydroxylation sites is 1. The molecule has 0 spiro atoms. The predicted octanol–water partition coefficient (Wildman–Crippen LogP) is 3.62. The van der Waals surface area contributed by atoms with Crippen molar-refractivity contribution >= 4 is 46.0 Å². The third kappa shape index (κ3) is 4.67. The summed E-state index contributed by atoms with van der Waals surface area (Å²) in [4.78, 5) is 30.3. The van der Waals surface area contributed by atoms with Crippen LogP contribution in [0.2, 0.25) is 5.02 Å². The van der Waals surface area contributed by atoms with Crippen LogP contribution in [-0.2, 0) is 16.1 Å². The fourth-order valence-electron chi connectivity index (χ4n) is 2.49. The number of carbonyl (C=O) groups is 2. The molecule has 1 aliphatic rings. The van der Waals surface area contributed by atoms with E-state index in [0.717, 1.165) is 5.56 Å². The van der Waals surface area contributed by atoms with Crippen molar-refractivity contribution < 1.29 is 14.0 Å². The SMILES string of the molecule is C[C@@H](SC1=NCC(=O)N1c1ccccc1Cl)C(=O)NCc1ccc(F)cc1. The number of anilines is 1. The average Bonchev–Trinajstić information content (AvgIpc) is 3.01. The topological polar surface area (TPSA) is 61.8 Å². The lowest BCUT2D eigenvalue weighted by atomic mass is 10.2. The van der Waals surface area contributed by atoms with Gasteiger partial charge in [-0.05, 0) is 36.8 Å². The lowest BCUT2D eigenvalue weighted by Gasteiger charge is -2.21. The van der Waals surface area contributed by atoms with Crippen molar-refractivity contribution in [3.8, 4) is 0 Å². The van der Waals surface area contributed by atoms with Gasteiger partial charge >= 0.3 is 0 Å². The quantitative estimate of drug-likeness (QED) is 0.826. The molecule has 2 aromatic rings. The Balaban J connectivity index is 1.63. The van der Waals surface area contributed by atoms with Crippen molar-refractivity contribution in [1.82, 2.24) is 5.32 Å². The zero-order valence-corrected chi connectivity index (χ0v) is 16.1. The van der Waals surface area contributed by atoms with E-state index < -0.39 is 5.25 Å². The third-order valence-corrected chi connectivity index (χ3v) is 5.32. The molecule has 0 radical (unpaired) electrons. The Bertz CT molecular complexity index is 889. The van der Waals surface area contributed by atoms with Gasteiger partial charge in [-0.3, -0.25) is 19.5 Å². The van der Waals surface area contributed by atoms with E-state index in [1.165, 1.54) is 28.8 Å². The average molecular weight is 406 g/mol. The maximum atomic E-state index is 12.9. The number of amides is 2. The van der Waals surface area contributed by atoms with Crippen LogP contribution < -0.4 is 10.2 Å². The molecule has 8 heteroatoms. The maximum absolute atomic E-state index is 12.9. The zero-order valence-electron chi connectivity index (χ0n) is 14.5. The lowest BCUT2D eigenvalue weighted by molar-refractivity contribution is -0.120. The second-order valence-electron chi connectivity index (χ2n) is 5.88. The number of hydrogen-bond donors (Lipinski definition) is 1. The first-order valence-corrected chi connectivity index (χ1v) is 9.52. The van der Waals surface area contributed by atoms with Gasteiger partial charge in [-0.25, -0.2) is 4.39 Å². The summed E-state index contributed by atoms with van der Waals surface area (Å²) in [5.41, 5.74) is 1.35. The second kappa shape index (κ2) is 8.54. The van der Waals surface area contributed by atoms with Crippen LogP contribution in [0.25, 0.3) is 0 Å². The molecule has 2 aromatic carbocycles. The Kier molecular flexibility index (Phi) is 6.13. The van der Waals surface area contributed by atoms with Crippen molar-refractivity contribution in [2.75, 3.05) is 11.4 Å². The van der Waals surface area contributed by atoms with Crippen LogP contribution in [0.15, 0.2) is 53.5 Å². The summed E-state index contributed by atoms with van der Waals surface area (Å²) in [6, 6.07) is 12.9. The summed E-state index contributed by atoms with van der Waals surface area (Å²) in [5.74, 6) is -0.715. The van der Waals surface area contributed by atoms with E-state index in [1.807, 2.05) is 0 Å². The molecule has 5 nitrogen and oxygen atoms in total. The van der Waals surface area contributed by atoms with Gasteiger partial charge < -0.3 is 5.32 Å². The first kappa shape index (κ1) is 19.4. The van der Waals surface area contributed by atoms with Crippen LogP contribution in [0.3, 0.4) is 0 Å². The van der Waals surface area contributed by atoms with Gasteiger partial charge in [0, 0.05) is 6.54 Å². The van der Waals surface area contributed by atoms with Gasteiger partial charge in [0.25, 0.3) is 5.91 Å². The number of thioether (sulfide) groups is 1. The molecule has 0 aliphatic carbocycles. The molecule has 0 saturated carbocycles. The maximum Gasteiger partial charge on any atom is 0.254 e. The standard InChI is InChI=1S/C19H17ClFN3O2S/c1-12(18(26)22-10-13-6-8-14(21)9-7-13)27-19-23-11-17(25)24(19)16-5-3-2-4-15(16)20/h2-9,12H,10-11H2,1H3,(H,22,26)/t12-/m1/s1. The van der Waals surface area contributed by atoms with Crippen molar-refractivity contribution in [3.05, 3.63) is 64.9 Å². The number of aliphatic imine (C=N–C) groups is 1. The molecule has 1 N–H and O–H groups in total. The molecule has 27 heavy (non-hydrogen) atoms. The molecule has 0 aromatic heterocycles. The molecule has 0 fully saturated rings. The van der Waals surface area contributed by atoms with E-state index in [1.54, 1.807) is 43.3 Å². The molecule has 1 heterocycles. The largest absolute Gasteiger partial charge is 0.351 e. The van der Waals surface area contributed by atoms with Gasteiger partial charge in [0.15, 0.2) is 5.17 Å². The Morgan fingerprint density at radius 2 is 2.00 bits per heavy atom. The lowest BCUT2D eigenvalue weighted by Crippen LogP contribution is -2.35. The number of nitrogens with one attached hydrogen (secondary N) is 1. The highest BCUT2D eigenvalue weighted by molar-refractivity contribution is 8.15. The van der Waals surface area contributed by atoms with Gasteiger partial charge in [-0.2, -0.15) is 0 Å². The molecule has 0 bridgehead atoms. The molecule has 140 valence electrons. The van der Waals surface area contributed by atoms with Crippen LogP contribution in [0.4, 0.5) is 10.1 Å². The van der Waals surface area contributed by atoms with Gasteiger partial charge in [0.1, 0.15) is 12.4 Å². The minimum Gasteiger partial charge on any atom is -0.351 e. The van der Waals surface area contributed by atoms with Crippen LogP contribution >= 0.6 is 23.4 Å². The van der Waals surface area contributed by atoms with Crippen molar-refractivity contribution in [1.29, 1.82) is 0 Å². The summed E-state index contributed by atoms with van der Waals surface area (Å²) in [6.07, 6.45) is 0. The molecule has 1 atom stereocenters. The van der Waals surface area contributed by atoms with Gasteiger partial charge in [-0.15, -0.1) is 0 Å². The molecule has 0 saturated heterocycles. The minimum atomic E-state index is -0.472. The highest BCUT2D eigenvalue weighted by Crippen LogP contribution is 2.31. The fraction of sp³-hybridized carbons (Fsp3) is 0.211. The van der Waals surface area contributed by atoms with E-state index in [-0.39, 0.29) is 24.2 Å². The monoisotopic (exact) mass is 405 g/mol. The van der Waals surface area contributed by atoms with Crippen molar-refractivity contribution in [3.63, 3.8) is 0 Å². The number of carbonyl (C=O) groups excluding carboxylic acids is 2. The number of halogens is 2. The number of benzene rings is 2. The minimum absolute atomic E-state index is 0.0253. The molecule has 3 rings (SSSR count). The number of nitrogens with zero attached hydrogens (tertiary/aromatic N) is 2. The molecule has 0 unspecified atom stereocenters. The normalized spacial score (nSPS) is 14.9. The Labute approximate surface area is 165 Å². The Morgan fingerprint density at radius 1 is 1.30 bits per heavy atom.